The Balaban J connectivity index is 1.43. The molecule has 0 bridgehead atoms. The number of hydrogen-bond donors (Lipinski definition) is 0. The Morgan fingerprint density at radius 2 is 1.67 bits per heavy atom. The maximum atomic E-state index is 13.2. The van der Waals surface area contributed by atoms with Crippen LogP contribution in [0.5, 0.6) is 11.5 Å². The third kappa shape index (κ3) is 3.68. The standard InChI is InChI=1S/C23H30N4O3/c1-23(2,3)19-9-10-20(25-24-19)26-11-15-13-27(14-16(15)12-26)22(28)17-7-6-8-18(29-4)21(17)30-5/h6-10,15-16H,11-14H2,1-5H3. The molecule has 0 saturated carbocycles. The largest absolute Gasteiger partial charge is 0.493 e. The molecule has 0 aliphatic carbocycles. The lowest BCUT2D eigenvalue weighted by atomic mass is 9.92. The molecule has 2 aromatic rings. The van der Waals surface area contributed by atoms with Crippen LogP contribution in [-0.4, -0.2) is 61.4 Å². The molecule has 0 N–H and O–H groups in total. The third-order valence-corrected chi connectivity index (χ3v) is 6.15. The number of ether oxygens (including phenoxy) is 2. The van der Waals surface area contributed by atoms with Gasteiger partial charge in [0.05, 0.1) is 25.5 Å². The monoisotopic (exact) mass is 410 g/mol. The summed E-state index contributed by atoms with van der Waals surface area (Å²) in [7, 11) is 3.15. The van der Waals surface area contributed by atoms with Crippen molar-refractivity contribution in [3.63, 3.8) is 0 Å². The lowest BCUT2D eigenvalue weighted by molar-refractivity contribution is 0.0778. The van der Waals surface area contributed by atoms with Crippen LogP contribution in [0, 0.1) is 11.8 Å². The number of hydrogen-bond acceptors (Lipinski definition) is 6. The van der Waals surface area contributed by atoms with Gasteiger partial charge in [0, 0.05) is 43.4 Å². The normalized spacial score (nSPS) is 21.0. The summed E-state index contributed by atoms with van der Waals surface area (Å²) in [6.45, 7) is 9.70. The second-order valence-electron chi connectivity index (χ2n) is 9.20. The van der Waals surface area contributed by atoms with Gasteiger partial charge in [0.25, 0.3) is 5.91 Å². The summed E-state index contributed by atoms with van der Waals surface area (Å²) in [4.78, 5) is 17.4. The molecule has 2 unspecified atom stereocenters. The highest BCUT2D eigenvalue weighted by Gasteiger charge is 2.42. The second-order valence-corrected chi connectivity index (χ2v) is 9.20. The van der Waals surface area contributed by atoms with E-state index in [0.717, 1.165) is 37.7 Å². The van der Waals surface area contributed by atoms with Crippen LogP contribution in [0.4, 0.5) is 5.82 Å². The summed E-state index contributed by atoms with van der Waals surface area (Å²) in [5.74, 6) is 2.87. The Morgan fingerprint density at radius 1 is 0.967 bits per heavy atom. The van der Waals surface area contributed by atoms with Crippen LogP contribution in [0.1, 0.15) is 36.8 Å². The minimum Gasteiger partial charge on any atom is -0.493 e. The van der Waals surface area contributed by atoms with Gasteiger partial charge >= 0.3 is 0 Å². The molecule has 7 nitrogen and oxygen atoms in total. The molecule has 7 heteroatoms. The summed E-state index contributed by atoms with van der Waals surface area (Å²) < 4.78 is 10.8. The van der Waals surface area contributed by atoms with E-state index in [1.54, 1.807) is 26.4 Å². The van der Waals surface area contributed by atoms with Crippen molar-refractivity contribution in [1.29, 1.82) is 0 Å². The zero-order valence-electron chi connectivity index (χ0n) is 18.4. The van der Waals surface area contributed by atoms with Gasteiger partial charge in [-0.3, -0.25) is 4.79 Å². The average Bonchev–Trinajstić information content (AvgIpc) is 3.31. The second kappa shape index (κ2) is 7.78. The van der Waals surface area contributed by atoms with E-state index in [4.69, 9.17) is 9.47 Å². The van der Waals surface area contributed by atoms with Crippen molar-refractivity contribution in [1.82, 2.24) is 15.1 Å². The Kier molecular flexibility index (Phi) is 5.30. The lowest BCUT2D eigenvalue weighted by Gasteiger charge is -2.24. The van der Waals surface area contributed by atoms with Gasteiger partial charge < -0.3 is 19.3 Å². The van der Waals surface area contributed by atoms with Crippen molar-refractivity contribution in [3.8, 4) is 11.5 Å². The first-order chi connectivity index (χ1) is 14.3. The van der Waals surface area contributed by atoms with Crippen molar-refractivity contribution in [2.24, 2.45) is 11.8 Å². The molecule has 160 valence electrons. The summed E-state index contributed by atoms with van der Waals surface area (Å²) in [6, 6.07) is 9.57. The molecule has 1 amide bonds. The zero-order chi connectivity index (χ0) is 21.5. The van der Waals surface area contributed by atoms with Gasteiger partial charge in [-0.25, -0.2) is 0 Å². The fourth-order valence-corrected chi connectivity index (χ4v) is 4.47. The molecule has 1 aromatic carbocycles. The summed E-state index contributed by atoms with van der Waals surface area (Å²) in [6.07, 6.45) is 0. The number of amides is 1. The SMILES string of the molecule is COc1cccc(C(=O)N2CC3CN(c4ccc(C(C)(C)C)nn4)CC3C2)c1OC. The lowest BCUT2D eigenvalue weighted by Crippen LogP contribution is -2.33. The van der Waals surface area contributed by atoms with E-state index in [2.05, 4.69) is 48.0 Å². The van der Waals surface area contributed by atoms with E-state index >= 15 is 0 Å². The Morgan fingerprint density at radius 3 is 2.20 bits per heavy atom. The van der Waals surface area contributed by atoms with Crippen molar-refractivity contribution in [2.45, 2.75) is 26.2 Å². The van der Waals surface area contributed by atoms with Gasteiger partial charge in [0.15, 0.2) is 17.3 Å². The van der Waals surface area contributed by atoms with Crippen molar-refractivity contribution in [2.75, 3.05) is 45.3 Å². The molecule has 2 aliphatic heterocycles. The highest BCUT2D eigenvalue weighted by atomic mass is 16.5. The number of carbonyl (C=O) groups excluding carboxylic acids is 1. The maximum absolute atomic E-state index is 13.2. The number of likely N-dealkylation sites (tertiary alicyclic amines) is 1. The first-order valence-corrected chi connectivity index (χ1v) is 10.4. The van der Waals surface area contributed by atoms with Crippen LogP contribution in [0.3, 0.4) is 0 Å². The van der Waals surface area contributed by atoms with Gasteiger partial charge in [-0.15, -0.1) is 5.10 Å². The van der Waals surface area contributed by atoms with Crippen molar-refractivity contribution < 1.29 is 14.3 Å². The van der Waals surface area contributed by atoms with E-state index in [-0.39, 0.29) is 11.3 Å². The molecule has 4 rings (SSSR count). The van der Waals surface area contributed by atoms with Crippen LogP contribution in [0.25, 0.3) is 0 Å². The summed E-state index contributed by atoms with van der Waals surface area (Å²) in [5.41, 5.74) is 1.54. The number of nitrogens with zero attached hydrogens (tertiary/aromatic N) is 4. The topological polar surface area (TPSA) is 67.8 Å². The minimum atomic E-state index is -0.00487. The number of fused-ring (bicyclic) bond motifs is 1. The van der Waals surface area contributed by atoms with Crippen molar-refractivity contribution >= 4 is 11.7 Å². The number of para-hydroxylation sites is 1. The third-order valence-electron chi connectivity index (χ3n) is 6.15. The fourth-order valence-electron chi connectivity index (χ4n) is 4.47. The molecule has 3 heterocycles. The van der Waals surface area contributed by atoms with E-state index < -0.39 is 0 Å². The number of carbonyl (C=O) groups is 1. The molecule has 2 aliphatic rings. The van der Waals surface area contributed by atoms with E-state index in [1.165, 1.54) is 0 Å². The predicted molar refractivity (Wildman–Crippen MR) is 115 cm³/mol. The Labute approximate surface area is 178 Å². The highest BCUT2D eigenvalue weighted by Crippen LogP contribution is 2.36. The van der Waals surface area contributed by atoms with E-state index in [9.17, 15) is 4.79 Å². The van der Waals surface area contributed by atoms with Crippen LogP contribution in [0.2, 0.25) is 0 Å². The van der Waals surface area contributed by atoms with Crippen LogP contribution in [0.15, 0.2) is 30.3 Å². The number of rotatable bonds is 4. The predicted octanol–water partition coefficient (Wildman–Crippen LogP) is 3.00. The number of aromatic nitrogens is 2. The maximum Gasteiger partial charge on any atom is 0.257 e. The highest BCUT2D eigenvalue weighted by molar-refractivity contribution is 5.98. The van der Waals surface area contributed by atoms with Crippen molar-refractivity contribution in [3.05, 3.63) is 41.6 Å². The molecule has 2 saturated heterocycles. The number of anilines is 1. The molecule has 2 fully saturated rings. The Hall–Kier alpha value is -2.83. The molecule has 30 heavy (non-hydrogen) atoms. The Bertz CT molecular complexity index is 909. The van der Waals surface area contributed by atoms with Gasteiger partial charge in [0.2, 0.25) is 0 Å². The number of benzene rings is 1. The zero-order valence-corrected chi connectivity index (χ0v) is 18.4. The van der Waals surface area contributed by atoms with Gasteiger partial charge in [-0.2, -0.15) is 5.10 Å². The average molecular weight is 411 g/mol. The molecular formula is C23H30N4O3. The van der Waals surface area contributed by atoms with Crippen LogP contribution in [-0.2, 0) is 5.41 Å². The van der Waals surface area contributed by atoms with Crippen LogP contribution >= 0.6 is 0 Å². The summed E-state index contributed by atoms with van der Waals surface area (Å²) in [5, 5.41) is 8.89. The molecule has 2 atom stereocenters. The molecular weight excluding hydrogens is 380 g/mol. The quantitative estimate of drug-likeness (QED) is 0.772. The first-order valence-electron chi connectivity index (χ1n) is 10.4. The minimum absolute atomic E-state index is 0.000946. The van der Waals surface area contributed by atoms with Gasteiger partial charge in [-0.05, 0) is 24.3 Å². The first kappa shape index (κ1) is 20.4. The smallest absolute Gasteiger partial charge is 0.257 e. The van der Waals surface area contributed by atoms with E-state index in [0.29, 0.717) is 28.9 Å². The van der Waals surface area contributed by atoms with Gasteiger partial charge in [-0.1, -0.05) is 26.8 Å². The summed E-state index contributed by atoms with van der Waals surface area (Å²) >= 11 is 0. The van der Waals surface area contributed by atoms with Gasteiger partial charge in [0.1, 0.15) is 0 Å². The fraction of sp³-hybridized carbons (Fsp3) is 0.522. The van der Waals surface area contributed by atoms with E-state index in [1.807, 2.05) is 11.0 Å². The molecule has 0 radical (unpaired) electrons. The van der Waals surface area contributed by atoms with Crippen LogP contribution < -0.4 is 14.4 Å². The number of methoxy groups -OCH3 is 2. The molecule has 0 spiro atoms. The molecule has 1 aromatic heterocycles.